The Kier molecular flexibility index (Phi) is 4.65. The fourth-order valence-corrected chi connectivity index (χ4v) is 2.25. The number of hydrogen-bond donors (Lipinski definition) is 1. The molecule has 1 N–H and O–H groups in total. The Labute approximate surface area is 128 Å². The Morgan fingerprint density at radius 1 is 1.23 bits per heavy atom. The van der Waals surface area contributed by atoms with E-state index in [1.165, 1.54) is 0 Å². The first kappa shape index (κ1) is 14.5. The molecule has 2 aromatic rings. The second-order valence-corrected chi connectivity index (χ2v) is 4.96. The molecule has 1 aliphatic rings. The van der Waals surface area contributed by atoms with Crippen LogP contribution in [0.1, 0.15) is 6.42 Å². The number of ether oxygens (including phenoxy) is 1. The smallest absolute Gasteiger partial charge is 0.263 e. The average Bonchev–Trinajstić information content (AvgIpc) is 3.05. The third kappa shape index (κ3) is 3.62. The van der Waals surface area contributed by atoms with Crippen LogP contribution in [0.3, 0.4) is 0 Å². The maximum Gasteiger partial charge on any atom is 0.263 e. The van der Waals surface area contributed by atoms with E-state index in [1.807, 2.05) is 35.2 Å². The highest BCUT2D eigenvalue weighted by Crippen LogP contribution is 2.17. The fraction of sp³-hybridized carbons (Fsp3) is 0.400. The van der Waals surface area contributed by atoms with Gasteiger partial charge in [0.15, 0.2) is 0 Å². The molecule has 0 saturated carbocycles. The number of nitrogens with one attached hydrogen (secondary N) is 1. The van der Waals surface area contributed by atoms with E-state index in [9.17, 15) is 4.79 Å². The summed E-state index contributed by atoms with van der Waals surface area (Å²) in [6.07, 6.45) is 0.398. The molecule has 3 rings (SSSR count). The van der Waals surface area contributed by atoms with E-state index in [1.54, 1.807) is 0 Å². The third-order valence-corrected chi connectivity index (χ3v) is 3.43. The van der Waals surface area contributed by atoms with E-state index in [0.717, 1.165) is 5.56 Å². The summed E-state index contributed by atoms with van der Waals surface area (Å²) in [7, 11) is 0. The van der Waals surface area contributed by atoms with Crippen LogP contribution in [0.2, 0.25) is 0 Å². The maximum absolute atomic E-state index is 12.0. The molecular weight excluding hydrogens is 284 g/mol. The molecule has 7 heteroatoms. The first-order chi connectivity index (χ1) is 10.8. The number of benzene rings is 1. The molecule has 1 fully saturated rings. The molecule has 1 aromatic carbocycles. The first-order valence-corrected chi connectivity index (χ1v) is 7.31. The molecule has 0 atom stereocenters. The molecule has 7 nitrogen and oxygen atoms in total. The lowest BCUT2D eigenvalue weighted by molar-refractivity contribution is -0.134. The van der Waals surface area contributed by atoms with Crippen molar-refractivity contribution in [2.45, 2.75) is 6.42 Å². The van der Waals surface area contributed by atoms with Crippen molar-refractivity contribution in [2.24, 2.45) is 0 Å². The quantitative estimate of drug-likeness (QED) is 0.899. The van der Waals surface area contributed by atoms with Crippen LogP contribution in [-0.2, 0) is 9.53 Å². The van der Waals surface area contributed by atoms with Crippen LogP contribution in [0, 0.1) is 0 Å². The molecule has 1 amide bonds. The molecule has 0 bridgehead atoms. The monoisotopic (exact) mass is 302 g/mol. The number of carbonyl (C=O) groups is 1. The maximum atomic E-state index is 12.0. The zero-order chi connectivity index (χ0) is 15.2. The summed E-state index contributed by atoms with van der Waals surface area (Å²) in [5.74, 6) is 0.971. The van der Waals surface area contributed by atoms with Crippen LogP contribution in [0.15, 0.2) is 34.9 Å². The minimum Gasteiger partial charge on any atom is -0.378 e. The number of nitrogens with zero attached hydrogens (tertiary/aromatic N) is 3. The van der Waals surface area contributed by atoms with Gasteiger partial charge < -0.3 is 19.5 Å². The number of anilines is 1. The zero-order valence-corrected chi connectivity index (χ0v) is 12.2. The second kappa shape index (κ2) is 7.04. The largest absolute Gasteiger partial charge is 0.378 e. The molecular formula is C15H18N4O3. The summed E-state index contributed by atoms with van der Waals surface area (Å²) in [5, 5.41) is 6.87. The number of morpholine rings is 1. The van der Waals surface area contributed by atoms with Gasteiger partial charge in [0.2, 0.25) is 5.91 Å². The normalized spacial score (nSPS) is 14.8. The van der Waals surface area contributed by atoms with Crippen LogP contribution in [0.25, 0.3) is 11.5 Å². The highest BCUT2D eigenvalue weighted by molar-refractivity contribution is 5.76. The Morgan fingerprint density at radius 2 is 2.00 bits per heavy atom. The van der Waals surface area contributed by atoms with Gasteiger partial charge in [-0.25, -0.2) is 0 Å². The number of rotatable bonds is 5. The van der Waals surface area contributed by atoms with Gasteiger partial charge in [-0.05, 0) is 17.3 Å². The Balaban J connectivity index is 1.48. The highest BCUT2D eigenvalue weighted by Gasteiger charge is 2.16. The molecule has 116 valence electrons. The minimum atomic E-state index is 0.113. The van der Waals surface area contributed by atoms with Crippen LogP contribution < -0.4 is 5.32 Å². The van der Waals surface area contributed by atoms with Crippen molar-refractivity contribution in [3.05, 3.63) is 30.3 Å². The van der Waals surface area contributed by atoms with E-state index < -0.39 is 0 Å². The lowest BCUT2D eigenvalue weighted by atomic mass is 10.2. The lowest BCUT2D eigenvalue weighted by Gasteiger charge is -2.26. The average molecular weight is 302 g/mol. The number of amides is 1. The summed E-state index contributed by atoms with van der Waals surface area (Å²) in [5.41, 5.74) is 0.868. The number of hydrogen-bond acceptors (Lipinski definition) is 6. The summed E-state index contributed by atoms with van der Waals surface area (Å²) in [4.78, 5) is 18.1. The van der Waals surface area contributed by atoms with E-state index in [4.69, 9.17) is 9.26 Å². The van der Waals surface area contributed by atoms with Crippen molar-refractivity contribution in [3.63, 3.8) is 0 Å². The predicted octanol–water partition coefficient (Wildman–Crippen LogP) is 1.40. The molecule has 0 unspecified atom stereocenters. The van der Waals surface area contributed by atoms with Gasteiger partial charge in [-0.1, -0.05) is 18.2 Å². The molecule has 2 heterocycles. The van der Waals surface area contributed by atoms with E-state index >= 15 is 0 Å². The number of aromatic nitrogens is 2. The lowest BCUT2D eigenvalue weighted by Crippen LogP contribution is -2.41. The zero-order valence-electron chi connectivity index (χ0n) is 12.2. The van der Waals surface area contributed by atoms with Gasteiger partial charge in [-0.15, -0.1) is 0 Å². The van der Waals surface area contributed by atoms with Gasteiger partial charge in [0, 0.05) is 31.6 Å². The standard InChI is InChI=1S/C15H18N4O3/c20-13(19-8-10-21-11-9-19)6-7-16-15-17-14(22-18-15)12-4-2-1-3-5-12/h1-5H,6-11H2,(H,16,18). The second-order valence-electron chi connectivity index (χ2n) is 4.96. The molecule has 22 heavy (non-hydrogen) atoms. The van der Waals surface area contributed by atoms with Crippen molar-refractivity contribution >= 4 is 11.9 Å². The number of carbonyl (C=O) groups excluding carboxylic acids is 1. The van der Waals surface area contributed by atoms with Crippen molar-refractivity contribution in [1.29, 1.82) is 0 Å². The highest BCUT2D eigenvalue weighted by atomic mass is 16.5. The van der Waals surface area contributed by atoms with E-state index in [2.05, 4.69) is 15.5 Å². The Hall–Kier alpha value is -2.41. The van der Waals surface area contributed by atoms with Crippen LogP contribution >= 0.6 is 0 Å². The molecule has 0 spiro atoms. The molecule has 0 aliphatic carbocycles. The van der Waals surface area contributed by atoms with Gasteiger partial charge in [0.1, 0.15) is 0 Å². The van der Waals surface area contributed by atoms with Gasteiger partial charge in [0.25, 0.3) is 11.8 Å². The van der Waals surface area contributed by atoms with Crippen LogP contribution in [-0.4, -0.2) is 53.8 Å². The molecule has 1 aromatic heterocycles. The summed E-state index contributed by atoms with van der Waals surface area (Å²) >= 11 is 0. The summed E-state index contributed by atoms with van der Waals surface area (Å²) in [6.45, 7) is 3.04. The fourth-order valence-electron chi connectivity index (χ4n) is 2.25. The first-order valence-electron chi connectivity index (χ1n) is 7.31. The van der Waals surface area contributed by atoms with Gasteiger partial charge in [-0.2, -0.15) is 4.98 Å². The molecule has 1 aliphatic heterocycles. The Bertz CT molecular complexity index is 608. The molecule has 0 radical (unpaired) electrons. The molecule has 1 saturated heterocycles. The van der Waals surface area contributed by atoms with Gasteiger partial charge in [0.05, 0.1) is 13.2 Å². The van der Waals surface area contributed by atoms with E-state index in [-0.39, 0.29) is 5.91 Å². The minimum absolute atomic E-state index is 0.113. The Morgan fingerprint density at radius 3 is 2.77 bits per heavy atom. The van der Waals surface area contributed by atoms with Crippen LogP contribution in [0.5, 0.6) is 0 Å². The van der Waals surface area contributed by atoms with Gasteiger partial charge >= 0.3 is 0 Å². The van der Waals surface area contributed by atoms with Crippen molar-refractivity contribution < 1.29 is 14.1 Å². The predicted molar refractivity (Wildman–Crippen MR) is 80.2 cm³/mol. The van der Waals surface area contributed by atoms with Crippen molar-refractivity contribution in [3.8, 4) is 11.5 Å². The van der Waals surface area contributed by atoms with Crippen molar-refractivity contribution in [1.82, 2.24) is 15.0 Å². The third-order valence-electron chi connectivity index (χ3n) is 3.43. The topological polar surface area (TPSA) is 80.5 Å². The van der Waals surface area contributed by atoms with Crippen molar-refractivity contribution in [2.75, 3.05) is 38.2 Å². The van der Waals surface area contributed by atoms with Crippen LogP contribution in [0.4, 0.5) is 5.95 Å². The van der Waals surface area contributed by atoms with Gasteiger partial charge in [-0.3, -0.25) is 4.79 Å². The van der Waals surface area contributed by atoms with E-state index in [0.29, 0.717) is 51.1 Å². The SMILES string of the molecule is O=C(CCNc1noc(-c2ccccc2)n1)N1CCOCC1. The summed E-state index contributed by atoms with van der Waals surface area (Å²) in [6, 6.07) is 9.55. The summed E-state index contributed by atoms with van der Waals surface area (Å²) < 4.78 is 10.4.